The summed E-state index contributed by atoms with van der Waals surface area (Å²) in [6.07, 6.45) is 1.46. The number of oxazole rings is 1. The smallest absolute Gasteiger partial charge is 0.270 e. The summed E-state index contributed by atoms with van der Waals surface area (Å²) in [4.78, 5) is 14.2. The molecule has 0 aliphatic carbocycles. The molecule has 16 heavy (non-hydrogen) atoms. The summed E-state index contributed by atoms with van der Waals surface area (Å²) in [6, 6.07) is 4.13. The Morgan fingerprint density at radius 1 is 1.50 bits per heavy atom. The molecule has 0 bridgehead atoms. The molecular weight excluding hydrogens is 232 g/mol. The predicted molar refractivity (Wildman–Crippen MR) is 58.3 cm³/mol. The van der Waals surface area contributed by atoms with Gasteiger partial charge in [-0.05, 0) is 13.0 Å². The Labute approximate surface area is 95.8 Å². The van der Waals surface area contributed by atoms with E-state index in [9.17, 15) is 10.1 Å². The molecule has 0 spiro atoms. The molecule has 0 aliphatic rings. The number of non-ortho nitro benzene ring substituents is 1. The fraction of sp³-hybridized carbons (Fsp3) is 0.100. The zero-order chi connectivity index (χ0) is 11.7. The highest BCUT2D eigenvalue weighted by Gasteiger charge is 2.14. The van der Waals surface area contributed by atoms with Gasteiger partial charge in [-0.1, -0.05) is 11.6 Å². The van der Waals surface area contributed by atoms with Gasteiger partial charge in [-0.3, -0.25) is 10.1 Å². The lowest BCUT2D eigenvalue weighted by Crippen LogP contribution is -1.89. The zero-order valence-electron chi connectivity index (χ0n) is 8.31. The Hall–Kier alpha value is -1.88. The van der Waals surface area contributed by atoms with Crippen LogP contribution in [0.5, 0.6) is 0 Å². The van der Waals surface area contributed by atoms with Crippen molar-refractivity contribution >= 4 is 17.3 Å². The van der Waals surface area contributed by atoms with Gasteiger partial charge in [-0.15, -0.1) is 0 Å². The molecule has 0 radical (unpaired) electrons. The maximum absolute atomic E-state index is 10.6. The molecule has 0 amide bonds. The minimum absolute atomic E-state index is 0.0461. The Balaban J connectivity index is 2.55. The molecule has 0 saturated heterocycles. The molecule has 2 rings (SSSR count). The van der Waals surface area contributed by atoms with Gasteiger partial charge in [0.15, 0.2) is 0 Å². The van der Waals surface area contributed by atoms with Gasteiger partial charge in [-0.25, -0.2) is 4.98 Å². The van der Waals surface area contributed by atoms with Crippen LogP contribution in [0.15, 0.2) is 28.9 Å². The van der Waals surface area contributed by atoms with Crippen LogP contribution in [0.4, 0.5) is 5.69 Å². The van der Waals surface area contributed by atoms with Gasteiger partial charge in [0.05, 0.1) is 21.2 Å². The third kappa shape index (κ3) is 1.90. The first kappa shape index (κ1) is 10.6. The fourth-order valence-corrected chi connectivity index (χ4v) is 1.47. The summed E-state index contributed by atoms with van der Waals surface area (Å²) >= 11 is 5.92. The molecule has 1 aromatic carbocycles. The van der Waals surface area contributed by atoms with Gasteiger partial charge in [0.25, 0.3) is 5.69 Å². The van der Waals surface area contributed by atoms with Crippen molar-refractivity contribution in [1.29, 1.82) is 0 Å². The van der Waals surface area contributed by atoms with Crippen LogP contribution in [0.2, 0.25) is 5.02 Å². The van der Waals surface area contributed by atoms with E-state index >= 15 is 0 Å². The molecule has 0 unspecified atom stereocenters. The maximum atomic E-state index is 10.6. The molecule has 5 nitrogen and oxygen atoms in total. The lowest BCUT2D eigenvalue weighted by atomic mass is 10.2. The van der Waals surface area contributed by atoms with E-state index in [2.05, 4.69) is 4.98 Å². The van der Waals surface area contributed by atoms with E-state index in [-0.39, 0.29) is 11.6 Å². The Morgan fingerprint density at radius 3 is 2.81 bits per heavy atom. The highest BCUT2D eigenvalue weighted by molar-refractivity contribution is 6.33. The van der Waals surface area contributed by atoms with E-state index in [4.69, 9.17) is 16.0 Å². The summed E-state index contributed by atoms with van der Waals surface area (Å²) < 4.78 is 5.15. The number of benzene rings is 1. The summed E-state index contributed by atoms with van der Waals surface area (Å²) in [7, 11) is 0. The number of aromatic nitrogens is 1. The molecule has 2 aromatic rings. The van der Waals surface area contributed by atoms with E-state index < -0.39 is 4.92 Å². The topological polar surface area (TPSA) is 69.2 Å². The molecule has 0 atom stereocenters. The minimum Gasteiger partial charge on any atom is -0.444 e. The molecule has 82 valence electrons. The number of hydrogen-bond acceptors (Lipinski definition) is 4. The molecule has 0 aliphatic heterocycles. The number of nitro groups is 1. The van der Waals surface area contributed by atoms with Crippen LogP contribution >= 0.6 is 11.6 Å². The minimum atomic E-state index is -0.490. The lowest BCUT2D eigenvalue weighted by Gasteiger charge is -1.98. The summed E-state index contributed by atoms with van der Waals surface area (Å²) in [5, 5.41) is 11.0. The zero-order valence-corrected chi connectivity index (χ0v) is 9.06. The van der Waals surface area contributed by atoms with Crippen molar-refractivity contribution in [3.05, 3.63) is 45.3 Å². The second-order valence-electron chi connectivity index (χ2n) is 3.22. The van der Waals surface area contributed by atoms with E-state index in [0.29, 0.717) is 16.3 Å². The van der Waals surface area contributed by atoms with Crippen molar-refractivity contribution in [2.75, 3.05) is 0 Å². The van der Waals surface area contributed by atoms with Crippen LogP contribution < -0.4 is 0 Å². The fourth-order valence-electron chi connectivity index (χ4n) is 1.27. The summed E-state index contributed by atoms with van der Waals surface area (Å²) in [6.45, 7) is 1.76. The summed E-state index contributed by atoms with van der Waals surface area (Å²) in [5.41, 5.74) is 1.07. The monoisotopic (exact) mass is 238 g/mol. The molecule has 0 N–H and O–H groups in total. The van der Waals surface area contributed by atoms with E-state index in [1.807, 2.05) is 0 Å². The van der Waals surface area contributed by atoms with Gasteiger partial charge >= 0.3 is 0 Å². The largest absolute Gasteiger partial charge is 0.444 e. The second kappa shape index (κ2) is 3.94. The number of nitro benzene ring substituents is 1. The Morgan fingerprint density at radius 2 is 2.25 bits per heavy atom. The number of aryl methyl sites for hydroxylation is 1. The molecule has 0 saturated carbocycles. The van der Waals surface area contributed by atoms with Gasteiger partial charge in [-0.2, -0.15) is 0 Å². The Bertz CT molecular complexity index is 551. The normalized spacial score (nSPS) is 10.4. The molecule has 0 fully saturated rings. The van der Waals surface area contributed by atoms with Crippen LogP contribution in [-0.2, 0) is 0 Å². The number of hydrogen-bond donors (Lipinski definition) is 0. The van der Waals surface area contributed by atoms with Crippen LogP contribution in [0.25, 0.3) is 11.5 Å². The van der Waals surface area contributed by atoms with Crippen molar-refractivity contribution in [2.24, 2.45) is 0 Å². The standard InChI is InChI=1S/C10H7ClN2O3/c1-6-5-16-10(12-6)8-4-7(13(14)15)2-3-9(8)11/h2-5H,1H3. The van der Waals surface area contributed by atoms with Gasteiger partial charge in [0.1, 0.15) is 6.26 Å². The molecule has 1 heterocycles. The third-order valence-electron chi connectivity index (χ3n) is 2.01. The lowest BCUT2D eigenvalue weighted by molar-refractivity contribution is -0.384. The predicted octanol–water partition coefficient (Wildman–Crippen LogP) is 3.21. The average Bonchev–Trinajstić information content (AvgIpc) is 2.65. The van der Waals surface area contributed by atoms with Crippen LogP contribution in [-0.4, -0.2) is 9.91 Å². The van der Waals surface area contributed by atoms with Crippen molar-refractivity contribution in [2.45, 2.75) is 6.92 Å². The van der Waals surface area contributed by atoms with Crippen molar-refractivity contribution < 1.29 is 9.34 Å². The molecule has 6 heteroatoms. The Kier molecular flexibility index (Phi) is 2.62. The van der Waals surface area contributed by atoms with E-state index in [1.165, 1.54) is 24.5 Å². The summed E-state index contributed by atoms with van der Waals surface area (Å²) in [5.74, 6) is 0.284. The van der Waals surface area contributed by atoms with Crippen LogP contribution in [0.1, 0.15) is 5.69 Å². The van der Waals surface area contributed by atoms with Crippen molar-refractivity contribution in [1.82, 2.24) is 4.98 Å². The number of rotatable bonds is 2. The second-order valence-corrected chi connectivity index (χ2v) is 3.62. The molecular formula is C10H7ClN2O3. The SMILES string of the molecule is Cc1coc(-c2cc([N+](=O)[O-])ccc2Cl)n1. The third-order valence-corrected chi connectivity index (χ3v) is 2.34. The van der Waals surface area contributed by atoms with Crippen molar-refractivity contribution in [3.8, 4) is 11.5 Å². The van der Waals surface area contributed by atoms with E-state index in [0.717, 1.165) is 0 Å². The number of nitrogens with zero attached hydrogens (tertiary/aromatic N) is 2. The first-order chi connectivity index (χ1) is 7.58. The quantitative estimate of drug-likeness (QED) is 0.595. The molecule has 1 aromatic heterocycles. The first-order valence-electron chi connectivity index (χ1n) is 4.44. The van der Waals surface area contributed by atoms with Gasteiger partial charge in [0.2, 0.25) is 5.89 Å². The van der Waals surface area contributed by atoms with Gasteiger partial charge < -0.3 is 4.42 Å². The first-order valence-corrected chi connectivity index (χ1v) is 4.82. The highest BCUT2D eigenvalue weighted by Crippen LogP contribution is 2.30. The van der Waals surface area contributed by atoms with Gasteiger partial charge in [0, 0.05) is 12.1 Å². The van der Waals surface area contributed by atoms with E-state index in [1.54, 1.807) is 6.92 Å². The van der Waals surface area contributed by atoms with Crippen molar-refractivity contribution in [3.63, 3.8) is 0 Å². The maximum Gasteiger partial charge on any atom is 0.270 e. The number of halogens is 1. The van der Waals surface area contributed by atoms with Crippen LogP contribution in [0.3, 0.4) is 0 Å². The highest BCUT2D eigenvalue weighted by atomic mass is 35.5. The van der Waals surface area contributed by atoms with Crippen LogP contribution in [0, 0.1) is 17.0 Å². The average molecular weight is 239 g/mol.